The molecule has 9 nitrogen and oxygen atoms in total. The lowest BCUT2D eigenvalue weighted by atomic mass is 9.69. The van der Waals surface area contributed by atoms with Crippen LogP contribution in [0.15, 0.2) is 53.2 Å². The van der Waals surface area contributed by atoms with Crippen LogP contribution in [0.1, 0.15) is 48.5 Å². The Morgan fingerprint density at radius 1 is 1.37 bits per heavy atom. The summed E-state index contributed by atoms with van der Waals surface area (Å²) in [5, 5.41) is 27.1. The highest BCUT2D eigenvalue weighted by molar-refractivity contribution is 7.10. The summed E-state index contributed by atoms with van der Waals surface area (Å²) in [4.78, 5) is 38.7. The number of carbonyl (C=O) groups is 2. The van der Waals surface area contributed by atoms with Gasteiger partial charge in [0.15, 0.2) is 11.5 Å². The second-order valence-corrected chi connectivity index (χ2v) is 9.54. The number of Topliss-reactive ketones (excluding diaryl/α,β-unsaturated/α-hetero) is 1. The number of methoxy groups -OCH3 is 1. The van der Waals surface area contributed by atoms with Crippen molar-refractivity contribution in [1.82, 2.24) is 5.32 Å². The molecule has 0 spiro atoms. The van der Waals surface area contributed by atoms with Gasteiger partial charge >= 0.3 is 11.7 Å². The molecule has 1 aromatic heterocycles. The first-order chi connectivity index (χ1) is 16.8. The summed E-state index contributed by atoms with van der Waals surface area (Å²) in [6.45, 7) is 6.11. The van der Waals surface area contributed by atoms with E-state index in [0.717, 1.165) is 4.88 Å². The van der Waals surface area contributed by atoms with E-state index < -0.39 is 34.2 Å². The van der Waals surface area contributed by atoms with Gasteiger partial charge in [0.2, 0.25) is 5.75 Å². The number of aromatic hydroxyl groups is 1. The molecule has 4 rings (SSSR count). The number of hydrogen-bond acceptors (Lipinski definition) is 9. The molecule has 3 unspecified atom stereocenters. The Balaban J connectivity index is 1.88. The van der Waals surface area contributed by atoms with Crippen molar-refractivity contribution in [2.24, 2.45) is 5.92 Å². The summed E-state index contributed by atoms with van der Waals surface area (Å²) in [5.74, 6) is -3.37. The monoisotopic (exact) mass is 498 g/mol. The van der Waals surface area contributed by atoms with Gasteiger partial charge in [-0.25, -0.2) is 0 Å². The number of esters is 1. The van der Waals surface area contributed by atoms with Crippen molar-refractivity contribution in [3.8, 4) is 11.5 Å². The maximum Gasteiger partial charge on any atom is 0.315 e. The van der Waals surface area contributed by atoms with Gasteiger partial charge < -0.3 is 19.9 Å². The average molecular weight is 499 g/mol. The van der Waals surface area contributed by atoms with Crippen LogP contribution in [0, 0.1) is 16.0 Å². The molecule has 2 aromatic rings. The fourth-order valence-corrected chi connectivity index (χ4v) is 5.62. The van der Waals surface area contributed by atoms with Crippen molar-refractivity contribution < 1.29 is 29.1 Å². The van der Waals surface area contributed by atoms with Crippen molar-refractivity contribution in [2.75, 3.05) is 13.7 Å². The molecule has 0 radical (unpaired) electrons. The van der Waals surface area contributed by atoms with Crippen LogP contribution >= 0.6 is 11.3 Å². The molecule has 1 aliphatic heterocycles. The van der Waals surface area contributed by atoms with Gasteiger partial charge in [-0.05, 0) is 35.9 Å². The summed E-state index contributed by atoms with van der Waals surface area (Å²) in [6, 6.07) is 6.54. The smallest absolute Gasteiger partial charge is 0.315 e. The number of allylic oxidation sites excluding steroid dienone is 2. The van der Waals surface area contributed by atoms with Crippen LogP contribution in [0.3, 0.4) is 0 Å². The normalized spacial score (nSPS) is 21.8. The summed E-state index contributed by atoms with van der Waals surface area (Å²) in [6.07, 6.45) is 1.39. The zero-order valence-electron chi connectivity index (χ0n) is 19.4. The Morgan fingerprint density at radius 3 is 2.77 bits per heavy atom. The lowest BCUT2D eigenvalue weighted by molar-refractivity contribution is -0.386. The molecule has 35 heavy (non-hydrogen) atoms. The van der Waals surface area contributed by atoms with Crippen LogP contribution in [0.25, 0.3) is 0 Å². The van der Waals surface area contributed by atoms with Crippen molar-refractivity contribution in [2.45, 2.75) is 38.0 Å². The molecule has 0 saturated heterocycles. The highest BCUT2D eigenvalue weighted by atomic mass is 32.1. The first-order valence-corrected chi connectivity index (χ1v) is 12.1. The average Bonchev–Trinajstić information content (AvgIpc) is 3.36. The van der Waals surface area contributed by atoms with Gasteiger partial charge in [-0.2, -0.15) is 0 Å². The van der Waals surface area contributed by atoms with Gasteiger partial charge in [-0.3, -0.25) is 19.7 Å². The van der Waals surface area contributed by atoms with Gasteiger partial charge in [-0.15, -0.1) is 11.3 Å². The third-order valence-electron chi connectivity index (χ3n) is 6.34. The van der Waals surface area contributed by atoms with Gasteiger partial charge in [0.05, 0.1) is 18.6 Å². The molecule has 2 aliphatic rings. The number of benzene rings is 1. The summed E-state index contributed by atoms with van der Waals surface area (Å²) < 4.78 is 10.6. The number of ketones is 1. The van der Waals surface area contributed by atoms with Gasteiger partial charge in [-0.1, -0.05) is 19.6 Å². The van der Waals surface area contributed by atoms with E-state index in [9.17, 15) is 24.8 Å². The van der Waals surface area contributed by atoms with Crippen molar-refractivity contribution in [3.63, 3.8) is 0 Å². The molecule has 1 aromatic carbocycles. The van der Waals surface area contributed by atoms with Crippen LogP contribution < -0.4 is 10.1 Å². The largest absolute Gasteiger partial charge is 0.500 e. The summed E-state index contributed by atoms with van der Waals surface area (Å²) >= 11 is 1.58. The van der Waals surface area contributed by atoms with E-state index in [1.54, 1.807) is 11.3 Å². The van der Waals surface area contributed by atoms with E-state index in [1.165, 1.54) is 19.2 Å². The second-order valence-electron chi connectivity index (χ2n) is 8.56. The van der Waals surface area contributed by atoms with Gasteiger partial charge in [0.1, 0.15) is 5.92 Å². The molecule has 3 atom stereocenters. The van der Waals surface area contributed by atoms with Gasteiger partial charge in [0.25, 0.3) is 0 Å². The number of phenols is 1. The van der Waals surface area contributed by atoms with Crippen LogP contribution in [-0.4, -0.2) is 35.5 Å². The zero-order chi connectivity index (χ0) is 25.3. The number of carbonyl (C=O) groups excluding carboxylic acids is 2. The minimum atomic E-state index is -0.989. The molecule has 184 valence electrons. The highest BCUT2D eigenvalue weighted by Gasteiger charge is 2.46. The Kier molecular flexibility index (Phi) is 6.93. The molecule has 2 heterocycles. The molecule has 0 saturated carbocycles. The highest BCUT2D eigenvalue weighted by Crippen LogP contribution is 2.50. The van der Waals surface area contributed by atoms with E-state index in [1.807, 2.05) is 24.4 Å². The Bertz CT molecular complexity index is 1220. The molecule has 10 heteroatoms. The molecule has 1 aliphatic carbocycles. The number of ether oxygens (including phenoxy) is 2. The molecule has 0 fully saturated rings. The number of nitro groups is 1. The van der Waals surface area contributed by atoms with Crippen molar-refractivity contribution in [3.05, 3.63) is 73.7 Å². The standard InChI is InChI=1S/C25H26N2O7S/c1-4-7-34-25(30)21-13(2)26-16-9-14(20-6-5-8-35-20)11-18(28)23(16)22(21)15-10-17(27(31)32)24(29)19(12-15)33-3/h5-6,8,10,12,14,21-22,26,29H,2,4,7,9,11H2,1,3H3. The maximum atomic E-state index is 13.6. The number of phenolic OH excluding ortho intramolecular Hbond substituents is 1. The lowest BCUT2D eigenvalue weighted by Crippen LogP contribution is -2.42. The molecule has 0 amide bonds. The number of rotatable bonds is 7. The predicted octanol–water partition coefficient (Wildman–Crippen LogP) is 4.54. The number of nitrogens with one attached hydrogen (secondary N) is 1. The fraction of sp³-hybridized carbons (Fsp3) is 0.360. The first kappa shape index (κ1) is 24.5. The van der Waals surface area contributed by atoms with Crippen LogP contribution in [0.4, 0.5) is 5.69 Å². The van der Waals surface area contributed by atoms with E-state index in [2.05, 4.69) is 11.9 Å². The number of nitro benzene ring substituents is 1. The molecular formula is C25H26N2O7S. The Morgan fingerprint density at radius 2 is 2.14 bits per heavy atom. The van der Waals surface area contributed by atoms with Gasteiger partial charge in [0, 0.05) is 46.2 Å². The zero-order valence-corrected chi connectivity index (χ0v) is 20.2. The second kappa shape index (κ2) is 9.91. The fourth-order valence-electron chi connectivity index (χ4n) is 4.79. The number of thiophene rings is 1. The minimum Gasteiger partial charge on any atom is -0.500 e. The summed E-state index contributed by atoms with van der Waals surface area (Å²) in [7, 11) is 1.28. The minimum absolute atomic E-state index is 0.0190. The van der Waals surface area contributed by atoms with Crippen LogP contribution in [0.2, 0.25) is 0 Å². The van der Waals surface area contributed by atoms with E-state index in [4.69, 9.17) is 9.47 Å². The SMILES string of the molecule is C=C1NC2=C(C(=O)CC(c3cccs3)C2)C(c2cc(OC)c(O)c([N+](=O)[O-])c2)C1C(=O)OCCC. The Hall–Kier alpha value is -3.66. The third kappa shape index (κ3) is 4.53. The Labute approximate surface area is 206 Å². The quantitative estimate of drug-likeness (QED) is 0.323. The molecule has 2 N–H and O–H groups in total. The maximum absolute atomic E-state index is 13.6. The molecular weight excluding hydrogens is 472 g/mol. The first-order valence-electron chi connectivity index (χ1n) is 11.2. The predicted molar refractivity (Wildman–Crippen MR) is 129 cm³/mol. The third-order valence-corrected chi connectivity index (χ3v) is 7.37. The summed E-state index contributed by atoms with van der Waals surface area (Å²) in [5.41, 5.74) is 1.09. The topological polar surface area (TPSA) is 128 Å². The van der Waals surface area contributed by atoms with Crippen molar-refractivity contribution in [1.29, 1.82) is 0 Å². The van der Waals surface area contributed by atoms with E-state index >= 15 is 0 Å². The number of hydrogen-bond donors (Lipinski definition) is 2. The van der Waals surface area contributed by atoms with Crippen molar-refractivity contribution >= 4 is 28.8 Å². The van der Waals surface area contributed by atoms with E-state index in [-0.39, 0.29) is 30.5 Å². The molecule has 0 bridgehead atoms. The number of nitrogens with zero attached hydrogens (tertiary/aromatic N) is 1. The van der Waals surface area contributed by atoms with E-state index in [0.29, 0.717) is 35.4 Å². The van der Waals surface area contributed by atoms with Crippen LogP contribution in [0.5, 0.6) is 11.5 Å². The van der Waals surface area contributed by atoms with Crippen LogP contribution in [-0.2, 0) is 14.3 Å². The lowest BCUT2D eigenvalue weighted by Gasteiger charge is -2.39.